The van der Waals surface area contributed by atoms with Gasteiger partial charge in [0.25, 0.3) is 0 Å². The first-order valence-electron chi connectivity index (χ1n) is 6.11. The third-order valence-corrected chi connectivity index (χ3v) is 5.07. The van der Waals surface area contributed by atoms with Crippen molar-refractivity contribution in [3.8, 4) is 0 Å². The Labute approximate surface area is 133 Å². The summed E-state index contributed by atoms with van der Waals surface area (Å²) in [6.07, 6.45) is 5.40. The molecule has 0 saturated heterocycles. The molecule has 8 heteroatoms. The summed E-state index contributed by atoms with van der Waals surface area (Å²) in [5.74, 6) is 0.777. The molecule has 0 aliphatic rings. The molecule has 0 saturated carbocycles. The summed E-state index contributed by atoms with van der Waals surface area (Å²) in [6.45, 7) is 1.98. The van der Waals surface area contributed by atoms with Crippen LogP contribution in [0.4, 0.5) is 11.4 Å². The number of rotatable bonds is 5. The summed E-state index contributed by atoms with van der Waals surface area (Å²) in [6, 6.07) is 5.18. The predicted molar refractivity (Wildman–Crippen MR) is 86.9 cm³/mol. The topological polar surface area (TPSA) is 63.2 Å². The van der Waals surface area contributed by atoms with Gasteiger partial charge in [-0.05, 0) is 17.9 Å². The van der Waals surface area contributed by atoms with Crippen molar-refractivity contribution in [3.63, 3.8) is 0 Å². The van der Waals surface area contributed by atoms with Gasteiger partial charge in [-0.1, -0.05) is 24.6 Å². The molecule has 0 spiro atoms. The van der Waals surface area contributed by atoms with E-state index in [2.05, 4.69) is 9.97 Å². The predicted octanol–water partition coefficient (Wildman–Crippen LogP) is 3.34. The fourth-order valence-electron chi connectivity index (χ4n) is 1.85. The highest BCUT2D eigenvalue weighted by atomic mass is 35.5. The molecule has 21 heavy (non-hydrogen) atoms. The van der Waals surface area contributed by atoms with E-state index in [9.17, 15) is 8.42 Å². The summed E-state index contributed by atoms with van der Waals surface area (Å²) in [7, 11) is -3.55. The van der Waals surface area contributed by atoms with Crippen LogP contribution in [0.15, 0.2) is 41.8 Å². The minimum Gasteiger partial charge on any atom is -0.243 e. The van der Waals surface area contributed by atoms with Crippen LogP contribution in [-0.4, -0.2) is 30.4 Å². The molecular formula is C13H14ClN3O2S2. The zero-order chi connectivity index (χ0) is 15.5. The molecule has 112 valence electrons. The average molecular weight is 344 g/mol. The zero-order valence-corrected chi connectivity index (χ0v) is 13.9. The molecule has 0 radical (unpaired) electrons. The second kappa shape index (κ2) is 6.64. The van der Waals surface area contributed by atoms with Crippen LogP contribution >= 0.6 is 23.4 Å². The van der Waals surface area contributed by atoms with Crippen LogP contribution in [0, 0.1) is 0 Å². The maximum Gasteiger partial charge on any atom is 0.236 e. The van der Waals surface area contributed by atoms with E-state index in [4.69, 9.17) is 11.6 Å². The SMILES string of the molecule is CCSc1c(Cl)cccc1N(c1cncnc1)S(C)(=O)=O. The van der Waals surface area contributed by atoms with Crippen molar-refractivity contribution in [1.82, 2.24) is 9.97 Å². The summed E-state index contributed by atoms with van der Waals surface area (Å²) < 4.78 is 25.6. The fourth-order valence-corrected chi connectivity index (χ4v) is 4.03. The number of hydrogen-bond acceptors (Lipinski definition) is 5. The second-order valence-corrected chi connectivity index (χ2v) is 7.66. The number of anilines is 2. The molecule has 1 heterocycles. The first-order chi connectivity index (χ1) is 9.95. The molecule has 0 amide bonds. The first kappa shape index (κ1) is 16.1. The van der Waals surface area contributed by atoms with Crippen LogP contribution in [0.5, 0.6) is 0 Å². The van der Waals surface area contributed by atoms with E-state index in [1.165, 1.54) is 34.8 Å². The number of thioether (sulfide) groups is 1. The molecule has 1 aromatic heterocycles. The highest BCUT2D eigenvalue weighted by molar-refractivity contribution is 7.99. The monoisotopic (exact) mass is 343 g/mol. The molecule has 0 fully saturated rings. The van der Waals surface area contributed by atoms with E-state index < -0.39 is 10.0 Å². The third-order valence-electron chi connectivity index (χ3n) is 2.57. The quantitative estimate of drug-likeness (QED) is 0.779. The lowest BCUT2D eigenvalue weighted by atomic mass is 10.3. The van der Waals surface area contributed by atoms with E-state index in [1.54, 1.807) is 18.2 Å². The molecule has 0 unspecified atom stereocenters. The Morgan fingerprint density at radius 3 is 2.52 bits per heavy atom. The molecule has 0 aliphatic heterocycles. The number of benzene rings is 1. The number of hydrogen-bond donors (Lipinski definition) is 0. The molecule has 0 atom stereocenters. The zero-order valence-electron chi connectivity index (χ0n) is 11.5. The Balaban J connectivity index is 2.67. The van der Waals surface area contributed by atoms with Gasteiger partial charge >= 0.3 is 0 Å². The Hall–Kier alpha value is -1.31. The Kier molecular flexibility index (Phi) is 5.08. The van der Waals surface area contributed by atoms with Crippen molar-refractivity contribution in [2.45, 2.75) is 11.8 Å². The summed E-state index contributed by atoms with van der Waals surface area (Å²) in [4.78, 5) is 8.49. The van der Waals surface area contributed by atoms with Gasteiger partial charge in [-0.3, -0.25) is 0 Å². The number of nitrogens with zero attached hydrogens (tertiary/aromatic N) is 3. The minimum absolute atomic E-state index is 0.375. The van der Waals surface area contributed by atoms with Gasteiger partial charge in [-0.15, -0.1) is 11.8 Å². The molecule has 2 aromatic rings. The fraction of sp³-hybridized carbons (Fsp3) is 0.231. The molecule has 2 rings (SSSR count). The van der Waals surface area contributed by atoms with E-state index in [0.717, 1.165) is 16.9 Å². The number of sulfonamides is 1. The minimum atomic E-state index is -3.55. The lowest BCUT2D eigenvalue weighted by Gasteiger charge is -2.24. The van der Waals surface area contributed by atoms with Crippen LogP contribution in [0.2, 0.25) is 5.02 Å². The Bertz CT molecular complexity index is 723. The first-order valence-corrected chi connectivity index (χ1v) is 9.33. The van der Waals surface area contributed by atoms with E-state index in [1.807, 2.05) is 6.92 Å². The maximum atomic E-state index is 12.2. The van der Waals surface area contributed by atoms with Crippen molar-refractivity contribution in [2.75, 3.05) is 16.3 Å². The summed E-state index contributed by atoms with van der Waals surface area (Å²) in [5.41, 5.74) is 0.881. The average Bonchev–Trinajstić information content (AvgIpc) is 2.42. The van der Waals surface area contributed by atoms with Gasteiger partial charge in [0.05, 0.1) is 39.9 Å². The van der Waals surface area contributed by atoms with Crippen molar-refractivity contribution >= 4 is 44.8 Å². The number of halogens is 1. The van der Waals surface area contributed by atoms with Gasteiger partial charge in [0.2, 0.25) is 10.0 Å². The highest BCUT2D eigenvalue weighted by Crippen LogP contribution is 2.40. The van der Waals surface area contributed by atoms with Gasteiger partial charge in [-0.25, -0.2) is 22.7 Å². The van der Waals surface area contributed by atoms with Crippen molar-refractivity contribution in [3.05, 3.63) is 41.9 Å². The van der Waals surface area contributed by atoms with Crippen LogP contribution in [0.25, 0.3) is 0 Å². The Morgan fingerprint density at radius 2 is 1.95 bits per heavy atom. The van der Waals surface area contributed by atoms with Crippen molar-refractivity contribution < 1.29 is 8.42 Å². The van der Waals surface area contributed by atoms with E-state index in [-0.39, 0.29) is 0 Å². The number of aromatic nitrogens is 2. The van der Waals surface area contributed by atoms with Crippen molar-refractivity contribution in [1.29, 1.82) is 0 Å². The normalized spacial score (nSPS) is 11.4. The summed E-state index contributed by atoms with van der Waals surface area (Å²) >= 11 is 7.70. The molecule has 0 bridgehead atoms. The van der Waals surface area contributed by atoms with Gasteiger partial charge in [0, 0.05) is 0 Å². The molecule has 1 aromatic carbocycles. The third kappa shape index (κ3) is 3.66. The van der Waals surface area contributed by atoms with Gasteiger partial charge < -0.3 is 0 Å². The molecule has 0 aliphatic carbocycles. The lowest BCUT2D eigenvalue weighted by molar-refractivity contribution is 0.601. The van der Waals surface area contributed by atoms with Crippen LogP contribution < -0.4 is 4.31 Å². The van der Waals surface area contributed by atoms with Gasteiger partial charge in [0.1, 0.15) is 6.33 Å². The Morgan fingerprint density at radius 1 is 1.29 bits per heavy atom. The van der Waals surface area contributed by atoms with Crippen LogP contribution in [0.3, 0.4) is 0 Å². The second-order valence-electron chi connectivity index (χ2n) is 4.15. The molecule has 5 nitrogen and oxygen atoms in total. The van der Waals surface area contributed by atoms with E-state index in [0.29, 0.717) is 16.4 Å². The molecular weight excluding hydrogens is 330 g/mol. The van der Waals surface area contributed by atoms with Crippen molar-refractivity contribution in [2.24, 2.45) is 0 Å². The van der Waals surface area contributed by atoms with Gasteiger partial charge in [0.15, 0.2) is 0 Å². The lowest BCUT2D eigenvalue weighted by Crippen LogP contribution is -2.25. The smallest absolute Gasteiger partial charge is 0.236 e. The van der Waals surface area contributed by atoms with Crippen LogP contribution in [-0.2, 0) is 10.0 Å². The van der Waals surface area contributed by atoms with Gasteiger partial charge in [-0.2, -0.15) is 0 Å². The highest BCUT2D eigenvalue weighted by Gasteiger charge is 2.24. The standard InChI is InChI=1S/C13H14ClN3O2S2/c1-3-20-13-11(14)5-4-6-12(13)17(21(2,18)19)10-7-15-9-16-8-10/h4-9H,3H2,1-2H3. The van der Waals surface area contributed by atoms with E-state index >= 15 is 0 Å². The summed E-state index contributed by atoms with van der Waals surface area (Å²) in [5, 5.41) is 0.518. The molecule has 0 N–H and O–H groups in total. The van der Waals surface area contributed by atoms with Crippen LogP contribution in [0.1, 0.15) is 6.92 Å². The maximum absolute atomic E-state index is 12.2. The largest absolute Gasteiger partial charge is 0.243 e.